The molecule has 0 fully saturated rings. The summed E-state index contributed by atoms with van der Waals surface area (Å²) in [7, 11) is 3.60. The summed E-state index contributed by atoms with van der Waals surface area (Å²) in [6.07, 6.45) is 1.80. The predicted molar refractivity (Wildman–Crippen MR) is 81.0 cm³/mol. The number of aromatic nitrogens is 1. The normalized spacial score (nSPS) is 11.2. The van der Waals surface area contributed by atoms with Gasteiger partial charge in [-0.15, -0.1) is 0 Å². The molecular weight excluding hydrogens is 252 g/mol. The van der Waals surface area contributed by atoms with E-state index in [4.69, 9.17) is 0 Å². The van der Waals surface area contributed by atoms with Gasteiger partial charge in [-0.1, -0.05) is 25.1 Å². The van der Waals surface area contributed by atoms with E-state index < -0.39 is 0 Å². The molecular formula is C15H22N4O. The highest BCUT2D eigenvalue weighted by Crippen LogP contribution is 2.22. The van der Waals surface area contributed by atoms with Gasteiger partial charge in [-0.25, -0.2) is 5.01 Å². The summed E-state index contributed by atoms with van der Waals surface area (Å²) in [6, 6.07) is 8.37. The lowest BCUT2D eigenvalue weighted by molar-refractivity contribution is -0.129. The molecule has 0 saturated carbocycles. The number of fused-ring (bicyclic) bond motifs is 1. The second kappa shape index (κ2) is 6.54. The van der Waals surface area contributed by atoms with Gasteiger partial charge in [-0.2, -0.15) is 0 Å². The number of benzene rings is 1. The second-order valence-electron chi connectivity index (χ2n) is 4.90. The molecule has 0 radical (unpaired) electrons. The number of nitrogens with one attached hydrogen (secondary N) is 2. The van der Waals surface area contributed by atoms with Crippen LogP contribution in [0.1, 0.15) is 18.2 Å². The third-order valence-electron chi connectivity index (χ3n) is 3.59. The van der Waals surface area contributed by atoms with E-state index in [2.05, 4.69) is 35.4 Å². The number of aromatic amines is 1. The number of hydrazine groups is 1. The van der Waals surface area contributed by atoms with Crippen LogP contribution in [0.25, 0.3) is 10.9 Å². The number of carbonyl (C=O) groups is 1. The van der Waals surface area contributed by atoms with Crippen molar-refractivity contribution in [1.82, 2.24) is 20.3 Å². The molecule has 2 N–H and O–H groups in total. The molecule has 2 aromatic rings. The van der Waals surface area contributed by atoms with Gasteiger partial charge in [0, 0.05) is 37.2 Å². The van der Waals surface area contributed by atoms with E-state index in [1.165, 1.54) is 27.2 Å². The summed E-state index contributed by atoms with van der Waals surface area (Å²) in [5, 5.41) is 7.98. The standard InChI is InChI=1S/C15H22N4O/c1-4-12-13-7-5-6-8-14(13)17-15(12)9-16-10-18(2)19(3)11-20/h5-8,11,16-17H,4,9-10H2,1-3H3. The molecule has 0 bridgehead atoms. The van der Waals surface area contributed by atoms with Crippen molar-refractivity contribution < 1.29 is 4.79 Å². The molecule has 1 amide bonds. The summed E-state index contributed by atoms with van der Waals surface area (Å²) in [6.45, 7) is 3.55. The number of carbonyl (C=O) groups excluding carboxylic acids is 1. The Labute approximate surface area is 119 Å². The molecule has 108 valence electrons. The highest BCUT2D eigenvalue weighted by Gasteiger charge is 2.09. The number of para-hydroxylation sites is 1. The first-order chi connectivity index (χ1) is 9.67. The van der Waals surface area contributed by atoms with Gasteiger partial charge in [-0.3, -0.25) is 15.1 Å². The molecule has 0 spiro atoms. The molecule has 0 unspecified atom stereocenters. The summed E-state index contributed by atoms with van der Waals surface area (Å²) in [5.74, 6) is 0. The molecule has 20 heavy (non-hydrogen) atoms. The molecule has 0 aliphatic carbocycles. The monoisotopic (exact) mass is 274 g/mol. The highest BCUT2D eigenvalue weighted by atomic mass is 16.1. The van der Waals surface area contributed by atoms with Crippen molar-refractivity contribution in [1.29, 1.82) is 0 Å². The van der Waals surface area contributed by atoms with Crippen molar-refractivity contribution in [3.63, 3.8) is 0 Å². The molecule has 1 aromatic carbocycles. The maximum absolute atomic E-state index is 10.6. The molecule has 1 heterocycles. The van der Waals surface area contributed by atoms with Crippen LogP contribution >= 0.6 is 0 Å². The number of H-pyrrole nitrogens is 1. The number of hydrogen-bond donors (Lipinski definition) is 2. The first kappa shape index (κ1) is 14.6. The number of nitrogens with zero attached hydrogens (tertiary/aromatic N) is 2. The quantitative estimate of drug-likeness (QED) is 0.459. The van der Waals surface area contributed by atoms with Crippen LogP contribution in [0.3, 0.4) is 0 Å². The van der Waals surface area contributed by atoms with Gasteiger partial charge in [0.25, 0.3) is 0 Å². The minimum Gasteiger partial charge on any atom is -0.357 e. The lowest BCUT2D eigenvalue weighted by atomic mass is 10.1. The molecule has 5 nitrogen and oxygen atoms in total. The first-order valence-corrected chi connectivity index (χ1v) is 6.85. The van der Waals surface area contributed by atoms with E-state index in [1.807, 2.05) is 18.1 Å². The Bertz CT molecular complexity index is 578. The third-order valence-corrected chi connectivity index (χ3v) is 3.59. The van der Waals surface area contributed by atoms with E-state index in [1.54, 1.807) is 7.05 Å². The van der Waals surface area contributed by atoms with Crippen LogP contribution in [0, 0.1) is 0 Å². The Kier molecular flexibility index (Phi) is 4.76. The molecule has 0 saturated heterocycles. The molecule has 1 aromatic heterocycles. The Morgan fingerprint density at radius 2 is 2.05 bits per heavy atom. The Morgan fingerprint density at radius 3 is 2.75 bits per heavy atom. The maximum Gasteiger partial charge on any atom is 0.223 e. The largest absolute Gasteiger partial charge is 0.357 e. The van der Waals surface area contributed by atoms with Gasteiger partial charge in [0.05, 0.1) is 6.67 Å². The Balaban J connectivity index is 2.04. The Morgan fingerprint density at radius 1 is 1.30 bits per heavy atom. The molecule has 2 rings (SSSR count). The van der Waals surface area contributed by atoms with Gasteiger partial charge < -0.3 is 4.98 Å². The van der Waals surface area contributed by atoms with Crippen molar-refractivity contribution in [3.05, 3.63) is 35.5 Å². The average Bonchev–Trinajstić information content (AvgIpc) is 2.83. The van der Waals surface area contributed by atoms with Crippen LogP contribution in [0.15, 0.2) is 24.3 Å². The van der Waals surface area contributed by atoms with Crippen LogP contribution in [0.5, 0.6) is 0 Å². The molecule has 0 aliphatic rings. The maximum atomic E-state index is 10.6. The summed E-state index contributed by atoms with van der Waals surface area (Å²) < 4.78 is 0. The SMILES string of the molecule is CCc1c(CNCN(C)N(C)C=O)[nH]c2ccccc12. The van der Waals surface area contributed by atoms with Crippen molar-refractivity contribution >= 4 is 17.3 Å². The van der Waals surface area contributed by atoms with Crippen LogP contribution in [0.4, 0.5) is 0 Å². The minimum absolute atomic E-state index is 0.619. The van der Waals surface area contributed by atoms with Crippen LogP contribution in [-0.2, 0) is 17.8 Å². The van der Waals surface area contributed by atoms with Gasteiger partial charge in [-0.05, 0) is 18.1 Å². The van der Waals surface area contributed by atoms with E-state index in [0.29, 0.717) is 6.67 Å². The van der Waals surface area contributed by atoms with Crippen LogP contribution in [-0.4, -0.2) is 42.2 Å². The van der Waals surface area contributed by atoms with Crippen molar-refractivity contribution in [3.8, 4) is 0 Å². The molecule has 0 aliphatic heterocycles. The van der Waals surface area contributed by atoms with Gasteiger partial charge in [0.15, 0.2) is 0 Å². The smallest absolute Gasteiger partial charge is 0.223 e. The lowest BCUT2D eigenvalue weighted by Crippen LogP contribution is -2.41. The topological polar surface area (TPSA) is 51.4 Å². The number of amides is 1. The van der Waals surface area contributed by atoms with Gasteiger partial charge >= 0.3 is 0 Å². The zero-order valence-corrected chi connectivity index (χ0v) is 12.3. The van der Waals surface area contributed by atoms with Crippen molar-refractivity contribution in [2.45, 2.75) is 19.9 Å². The number of hydrogen-bond acceptors (Lipinski definition) is 3. The first-order valence-electron chi connectivity index (χ1n) is 6.85. The predicted octanol–water partition coefficient (Wildman–Crippen LogP) is 1.71. The van der Waals surface area contributed by atoms with Crippen molar-refractivity contribution in [2.75, 3.05) is 20.8 Å². The Hall–Kier alpha value is -1.85. The van der Waals surface area contributed by atoms with E-state index in [9.17, 15) is 4.79 Å². The summed E-state index contributed by atoms with van der Waals surface area (Å²) >= 11 is 0. The fraction of sp³-hybridized carbons (Fsp3) is 0.400. The highest BCUT2D eigenvalue weighted by molar-refractivity contribution is 5.84. The van der Waals surface area contributed by atoms with Crippen molar-refractivity contribution in [2.24, 2.45) is 0 Å². The van der Waals surface area contributed by atoms with E-state index in [0.717, 1.165) is 19.4 Å². The van der Waals surface area contributed by atoms with E-state index in [-0.39, 0.29) is 0 Å². The lowest BCUT2D eigenvalue weighted by Gasteiger charge is -2.24. The van der Waals surface area contributed by atoms with Crippen LogP contribution < -0.4 is 5.32 Å². The summed E-state index contributed by atoms with van der Waals surface area (Å²) in [5.41, 5.74) is 3.76. The fourth-order valence-electron chi connectivity index (χ4n) is 2.35. The minimum atomic E-state index is 0.619. The zero-order chi connectivity index (χ0) is 14.5. The second-order valence-corrected chi connectivity index (χ2v) is 4.90. The van der Waals surface area contributed by atoms with E-state index >= 15 is 0 Å². The summed E-state index contributed by atoms with van der Waals surface area (Å²) in [4.78, 5) is 14.1. The fourth-order valence-corrected chi connectivity index (χ4v) is 2.35. The third kappa shape index (κ3) is 3.00. The number of aryl methyl sites for hydroxylation is 1. The average molecular weight is 274 g/mol. The van der Waals surface area contributed by atoms with Crippen LogP contribution in [0.2, 0.25) is 0 Å². The number of rotatable bonds is 7. The molecule has 5 heteroatoms. The van der Waals surface area contributed by atoms with Gasteiger partial charge in [0.1, 0.15) is 0 Å². The molecule has 0 atom stereocenters. The van der Waals surface area contributed by atoms with Gasteiger partial charge in [0.2, 0.25) is 6.41 Å². The zero-order valence-electron chi connectivity index (χ0n) is 12.3.